The summed E-state index contributed by atoms with van der Waals surface area (Å²) < 4.78 is 6.80. The maximum absolute atomic E-state index is 5.76. The van der Waals surface area contributed by atoms with Gasteiger partial charge in [0.05, 0.1) is 6.54 Å². The highest BCUT2D eigenvalue weighted by molar-refractivity contribution is 9.10. The van der Waals surface area contributed by atoms with E-state index in [1.807, 2.05) is 24.3 Å². The molecule has 0 aliphatic carbocycles. The number of hydrogen-bond donors (Lipinski definition) is 1. The maximum atomic E-state index is 5.76. The van der Waals surface area contributed by atoms with Crippen LogP contribution in [-0.4, -0.2) is 34.7 Å². The molecule has 1 saturated heterocycles. The van der Waals surface area contributed by atoms with Gasteiger partial charge >= 0.3 is 0 Å². The standard InChI is InChI=1S/C15H19BrN4O/c16-13-3-1-12(2-4-13)15-19-18-14(21-15)10-20-7-5-11(9-17)6-8-20/h1-4,11H,5-10,17H2. The lowest BCUT2D eigenvalue weighted by atomic mass is 9.97. The number of aromatic nitrogens is 2. The Kier molecular flexibility index (Phi) is 4.67. The van der Waals surface area contributed by atoms with E-state index in [0.717, 1.165) is 49.1 Å². The second kappa shape index (κ2) is 6.68. The lowest BCUT2D eigenvalue weighted by Gasteiger charge is -2.30. The van der Waals surface area contributed by atoms with E-state index in [9.17, 15) is 0 Å². The molecule has 1 fully saturated rings. The van der Waals surface area contributed by atoms with Gasteiger partial charge in [-0.1, -0.05) is 15.9 Å². The molecule has 3 rings (SSSR count). The van der Waals surface area contributed by atoms with Crippen molar-refractivity contribution in [3.63, 3.8) is 0 Å². The first-order valence-corrected chi connectivity index (χ1v) is 8.04. The Balaban J connectivity index is 1.62. The Morgan fingerprint density at radius 2 is 1.90 bits per heavy atom. The average molecular weight is 351 g/mol. The first-order chi connectivity index (χ1) is 10.2. The quantitative estimate of drug-likeness (QED) is 0.917. The number of halogens is 1. The summed E-state index contributed by atoms with van der Waals surface area (Å²) in [5, 5.41) is 8.29. The minimum Gasteiger partial charge on any atom is -0.419 e. The van der Waals surface area contributed by atoms with Crippen LogP contribution in [0.3, 0.4) is 0 Å². The van der Waals surface area contributed by atoms with Crippen LogP contribution in [0.15, 0.2) is 33.2 Å². The summed E-state index contributed by atoms with van der Waals surface area (Å²) in [5.74, 6) is 1.93. The second-order valence-corrected chi connectivity index (χ2v) is 6.38. The van der Waals surface area contributed by atoms with Crippen molar-refractivity contribution < 1.29 is 4.42 Å². The van der Waals surface area contributed by atoms with Crippen molar-refractivity contribution >= 4 is 15.9 Å². The Morgan fingerprint density at radius 3 is 2.57 bits per heavy atom. The van der Waals surface area contributed by atoms with Gasteiger partial charge in [-0.25, -0.2) is 0 Å². The summed E-state index contributed by atoms with van der Waals surface area (Å²) in [6.45, 7) is 3.62. The summed E-state index contributed by atoms with van der Waals surface area (Å²) in [6, 6.07) is 7.87. The first kappa shape index (κ1) is 14.7. The number of rotatable bonds is 4. The van der Waals surface area contributed by atoms with E-state index >= 15 is 0 Å². The maximum Gasteiger partial charge on any atom is 0.247 e. The zero-order chi connectivity index (χ0) is 14.7. The smallest absolute Gasteiger partial charge is 0.247 e. The zero-order valence-electron chi connectivity index (χ0n) is 11.8. The molecule has 0 spiro atoms. The number of nitrogens with zero attached hydrogens (tertiary/aromatic N) is 3. The molecule has 21 heavy (non-hydrogen) atoms. The fraction of sp³-hybridized carbons (Fsp3) is 0.467. The lowest BCUT2D eigenvalue weighted by molar-refractivity contribution is 0.167. The van der Waals surface area contributed by atoms with Gasteiger partial charge in [-0.2, -0.15) is 0 Å². The number of piperidine rings is 1. The Labute approximate surface area is 132 Å². The molecule has 5 nitrogen and oxygen atoms in total. The van der Waals surface area contributed by atoms with Crippen molar-refractivity contribution in [2.24, 2.45) is 11.7 Å². The molecule has 2 N–H and O–H groups in total. The average Bonchev–Trinajstić information content (AvgIpc) is 2.97. The van der Waals surface area contributed by atoms with Crippen LogP contribution in [0.1, 0.15) is 18.7 Å². The van der Waals surface area contributed by atoms with Gasteiger partial charge < -0.3 is 10.2 Å². The normalized spacial score (nSPS) is 17.2. The molecule has 1 aromatic carbocycles. The molecule has 6 heteroatoms. The highest BCUT2D eigenvalue weighted by atomic mass is 79.9. The molecule has 1 aliphatic heterocycles. The topological polar surface area (TPSA) is 68.2 Å². The number of hydrogen-bond acceptors (Lipinski definition) is 5. The van der Waals surface area contributed by atoms with Crippen LogP contribution in [0.5, 0.6) is 0 Å². The van der Waals surface area contributed by atoms with Crippen LogP contribution in [0.4, 0.5) is 0 Å². The minimum atomic E-state index is 0.578. The van der Waals surface area contributed by atoms with Crippen LogP contribution in [0.2, 0.25) is 0 Å². The van der Waals surface area contributed by atoms with E-state index in [4.69, 9.17) is 10.2 Å². The molecule has 2 heterocycles. The summed E-state index contributed by atoms with van der Waals surface area (Å²) in [7, 11) is 0. The van der Waals surface area contributed by atoms with Crippen LogP contribution in [0.25, 0.3) is 11.5 Å². The SMILES string of the molecule is NCC1CCN(Cc2nnc(-c3ccc(Br)cc3)o2)CC1. The molecular weight excluding hydrogens is 332 g/mol. The predicted molar refractivity (Wildman–Crippen MR) is 84.5 cm³/mol. The van der Waals surface area contributed by atoms with E-state index in [1.165, 1.54) is 0 Å². The van der Waals surface area contributed by atoms with Gasteiger partial charge in [0.1, 0.15) is 0 Å². The molecule has 2 aromatic rings. The molecule has 0 saturated carbocycles. The third-order valence-electron chi connectivity index (χ3n) is 3.96. The molecule has 1 aromatic heterocycles. The number of likely N-dealkylation sites (tertiary alicyclic amines) is 1. The zero-order valence-corrected chi connectivity index (χ0v) is 13.4. The van der Waals surface area contributed by atoms with E-state index < -0.39 is 0 Å². The van der Waals surface area contributed by atoms with E-state index in [1.54, 1.807) is 0 Å². The van der Waals surface area contributed by atoms with Gasteiger partial charge in [0.15, 0.2) is 0 Å². The summed E-state index contributed by atoms with van der Waals surface area (Å²) >= 11 is 3.42. The van der Waals surface area contributed by atoms with Crippen molar-refractivity contribution in [1.29, 1.82) is 0 Å². The predicted octanol–water partition coefficient (Wildman–Crippen LogP) is 2.67. The fourth-order valence-corrected chi connectivity index (χ4v) is 2.86. The molecular formula is C15H19BrN4O. The van der Waals surface area contributed by atoms with Gasteiger partial charge in [-0.15, -0.1) is 10.2 Å². The molecule has 1 aliphatic rings. The van der Waals surface area contributed by atoms with Crippen molar-refractivity contribution in [2.75, 3.05) is 19.6 Å². The van der Waals surface area contributed by atoms with Gasteiger partial charge in [0.2, 0.25) is 11.8 Å². The van der Waals surface area contributed by atoms with Gasteiger partial charge in [-0.3, -0.25) is 4.90 Å². The van der Waals surface area contributed by atoms with Crippen LogP contribution >= 0.6 is 15.9 Å². The van der Waals surface area contributed by atoms with Gasteiger partial charge in [-0.05, 0) is 62.7 Å². The largest absolute Gasteiger partial charge is 0.419 e. The molecule has 0 atom stereocenters. The van der Waals surface area contributed by atoms with Crippen molar-refractivity contribution in [3.8, 4) is 11.5 Å². The second-order valence-electron chi connectivity index (χ2n) is 5.46. The first-order valence-electron chi connectivity index (χ1n) is 7.25. The summed E-state index contributed by atoms with van der Waals surface area (Å²) in [6.07, 6.45) is 2.31. The van der Waals surface area contributed by atoms with Crippen LogP contribution < -0.4 is 5.73 Å². The Morgan fingerprint density at radius 1 is 1.19 bits per heavy atom. The van der Waals surface area contributed by atoms with Crippen molar-refractivity contribution in [1.82, 2.24) is 15.1 Å². The number of benzene rings is 1. The third-order valence-corrected chi connectivity index (χ3v) is 4.49. The van der Waals surface area contributed by atoms with E-state index in [-0.39, 0.29) is 0 Å². The van der Waals surface area contributed by atoms with Gasteiger partial charge in [0.25, 0.3) is 0 Å². The van der Waals surface area contributed by atoms with Crippen molar-refractivity contribution in [3.05, 3.63) is 34.6 Å². The Hall–Kier alpha value is -1.24. The summed E-state index contributed by atoms with van der Waals surface area (Å²) in [5.41, 5.74) is 6.66. The number of nitrogens with two attached hydrogens (primary N) is 1. The highest BCUT2D eigenvalue weighted by Crippen LogP contribution is 2.22. The minimum absolute atomic E-state index is 0.578. The molecule has 0 unspecified atom stereocenters. The molecule has 0 radical (unpaired) electrons. The fourth-order valence-electron chi connectivity index (χ4n) is 2.60. The van der Waals surface area contributed by atoms with Gasteiger partial charge in [0, 0.05) is 10.0 Å². The van der Waals surface area contributed by atoms with E-state index in [2.05, 4.69) is 31.0 Å². The van der Waals surface area contributed by atoms with E-state index in [0.29, 0.717) is 17.7 Å². The third kappa shape index (κ3) is 3.70. The monoisotopic (exact) mass is 350 g/mol. The summed E-state index contributed by atoms with van der Waals surface area (Å²) in [4.78, 5) is 2.35. The van der Waals surface area contributed by atoms with Crippen molar-refractivity contribution in [2.45, 2.75) is 19.4 Å². The highest BCUT2D eigenvalue weighted by Gasteiger charge is 2.20. The van der Waals surface area contributed by atoms with Crippen LogP contribution in [0, 0.1) is 5.92 Å². The van der Waals surface area contributed by atoms with Crippen LogP contribution in [-0.2, 0) is 6.54 Å². The Bertz CT molecular complexity index is 576. The molecule has 0 bridgehead atoms. The molecule has 0 amide bonds. The molecule has 112 valence electrons. The lowest BCUT2D eigenvalue weighted by Crippen LogP contribution is -2.35.